The molecule has 0 unspecified atom stereocenters. The molecule has 0 aliphatic carbocycles. The number of carbonyl (C=O) groups excluding carboxylic acids is 1. The van der Waals surface area contributed by atoms with Gasteiger partial charge in [-0.2, -0.15) is 0 Å². The fraction of sp³-hybridized carbons (Fsp3) is 0.545. The van der Waals surface area contributed by atoms with Crippen molar-refractivity contribution in [3.8, 4) is 0 Å². The van der Waals surface area contributed by atoms with Gasteiger partial charge in [0.15, 0.2) is 5.22 Å². The van der Waals surface area contributed by atoms with Crippen LogP contribution in [0.4, 0.5) is 0 Å². The third-order valence-corrected chi connectivity index (χ3v) is 3.10. The van der Waals surface area contributed by atoms with Gasteiger partial charge in [-0.1, -0.05) is 20.8 Å². The molecule has 0 saturated heterocycles. The van der Waals surface area contributed by atoms with Crippen molar-refractivity contribution in [3.63, 3.8) is 0 Å². The van der Waals surface area contributed by atoms with Crippen LogP contribution in [0.15, 0.2) is 16.5 Å². The van der Waals surface area contributed by atoms with Gasteiger partial charge in [0.2, 0.25) is 0 Å². The molecule has 4 heteroatoms. The average Bonchev–Trinajstić information content (AvgIpc) is 2.49. The molecule has 84 valence electrons. The summed E-state index contributed by atoms with van der Waals surface area (Å²) in [5.41, 5.74) is -0.256. The standard InChI is InChI=1S/C11H15ClO2S/c1-11(2,3)9(13)7-15-6-8-4-5-10(12)14-8/h4-5H,6-7H2,1-3H3. The van der Waals surface area contributed by atoms with E-state index in [0.717, 1.165) is 5.76 Å². The van der Waals surface area contributed by atoms with E-state index in [9.17, 15) is 4.79 Å². The van der Waals surface area contributed by atoms with Gasteiger partial charge in [0.1, 0.15) is 11.5 Å². The zero-order valence-corrected chi connectivity index (χ0v) is 10.7. The first-order chi connectivity index (χ1) is 6.89. The molecular formula is C11H15ClO2S. The molecule has 0 amide bonds. The Morgan fingerprint density at radius 2 is 2.13 bits per heavy atom. The maximum absolute atomic E-state index is 11.6. The molecule has 1 aromatic heterocycles. The van der Waals surface area contributed by atoms with Crippen molar-refractivity contribution in [2.45, 2.75) is 26.5 Å². The second-order valence-corrected chi connectivity index (χ2v) is 5.73. The van der Waals surface area contributed by atoms with Crippen molar-refractivity contribution < 1.29 is 9.21 Å². The number of furan rings is 1. The number of hydrogen-bond donors (Lipinski definition) is 0. The van der Waals surface area contributed by atoms with E-state index in [2.05, 4.69) is 0 Å². The van der Waals surface area contributed by atoms with Gasteiger partial charge in [-0.15, -0.1) is 11.8 Å². The van der Waals surface area contributed by atoms with E-state index in [1.54, 1.807) is 17.8 Å². The third-order valence-electron chi connectivity index (χ3n) is 1.94. The Bertz CT molecular complexity index is 339. The molecule has 0 aromatic carbocycles. The SMILES string of the molecule is CC(C)(C)C(=O)CSCc1ccc(Cl)o1. The van der Waals surface area contributed by atoms with Crippen LogP contribution in [-0.4, -0.2) is 11.5 Å². The molecule has 2 nitrogen and oxygen atoms in total. The molecular weight excluding hydrogens is 232 g/mol. The molecule has 15 heavy (non-hydrogen) atoms. The summed E-state index contributed by atoms with van der Waals surface area (Å²) in [5.74, 6) is 2.27. The first-order valence-corrected chi connectivity index (χ1v) is 6.28. The molecule has 0 bridgehead atoms. The maximum atomic E-state index is 11.6. The monoisotopic (exact) mass is 246 g/mol. The molecule has 0 atom stereocenters. The molecule has 0 spiro atoms. The largest absolute Gasteiger partial charge is 0.449 e. The lowest BCUT2D eigenvalue weighted by molar-refractivity contribution is -0.123. The van der Waals surface area contributed by atoms with Crippen LogP contribution in [-0.2, 0) is 10.5 Å². The summed E-state index contributed by atoms with van der Waals surface area (Å²) < 4.78 is 5.18. The molecule has 0 aliphatic heterocycles. The highest BCUT2D eigenvalue weighted by Crippen LogP contribution is 2.22. The third kappa shape index (κ3) is 4.31. The van der Waals surface area contributed by atoms with Gasteiger partial charge in [-0.3, -0.25) is 4.79 Å². The van der Waals surface area contributed by atoms with Crippen LogP contribution in [0.1, 0.15) is 26.5 Å². The highest BCUT2D eigenvalue weighted by atomic mass is 35.5. The lowest BCUT2D eigenvalue weighted by atomic mass is 9.92. The number of carbonyl (C=O) groups is 1. The van der Waals surface area contributed by atoms with E-state index in [4.69, 9.17) is 16.0 Å². The molecule has 1 heterocycles. The van der Waals surface area contributed by atoms with Gasteiger partial charge in [0.25, 0.3) is 0 Å². The fourth-order valence-electron chi connectivity index (χ4n) is 0.890. The molecule has 1 aromatic rings. The van der Waals surface area contributed by atoms with E-state index in [1.807, 2.05) is 26.8 Å². The number of ketones is 1. The number of halogens is 1. The first-order valence-electron chi connectivity index (χ1n) is 4.75. The van der Waals surface area contributed by atoms with E-state index in [1.165, 1.54) is 0 Å². The van der Waals surface area contributed by atoms with Crippen LogP contribution < -0.4 is 0 Å². The van der Waals surface area contributed by atoms with Crippen molar-refractivity contribution >= 4 is 29.1 Å². The molecule has 1 rings (SSSR count). The maximum Gasteiger partial charge on any atom is 0.193 e. The van der Waals surface area contributed by atoms with Crippen molar-refractivity contribution in [1.29, 1.82) is 0 Å². The van der Waals surface area contributed by atoms with Gasteiger partial charge < -0.3 is 4.42 Å². The minimum atomic E-state index is -0.256. The van der Waals surface area contributed by atoms with Crippen LogP contribution in [0, 0.1) is 5.41 Å². The summed E-state index contributed by atoms with van der Waals surface area (Å²) in [4.78, 5) is 11.6. The van der Waals surface area contributed by atoms with E-state index in [0.29, 0.717) is 16.7 Å². The van der Waals surface area contributed by atoms with E-state index in [-0.39, 0.29) is 11.2 Å². The van der Waals surface area contributed by atoms with E-state index >= 15 is 0 Å². The van der Waals surface area contributed by atoms with Crippen molar-refractivity contribution in [3.05, 3.63) is 23.1 Å². The van der Waals surface area contributed by atoms with Gasteiger partial charge >= 0.3 is 0 Å². The summed E-state index contributed by atoms with van der Waals surface area (Å²) in [5, 5.41) is 0.396. The Balaban J connectivity index is 2.31. The van der Waals surface area contributed by atoms with Crippen LogP contribution in [0.25, 0.3) is 0 Å². The smallest absolute Gasteiger partial charge is 0.193 e. The normalized spacial score (nSPS) is 11.7. The predicted molar refractivity (Wildman–Crippen MR) is 64.3 cm³/mol. The second kappa shape index (κ2) is 5.08. The minimum absolute atomic E-state index is 0.255. The lowest BCUT2D eigenvalue weighted by Gasteiger charge is -2.15. The second-order valence-electron chi connectivity index (χ2n) is 4.37. The lowest BCUT2D eigenvalue weighted by Crippen LogP contribution is -2.22. The average molecular weight is 247 g/mol. The van der Waals surface area contributed by atoms with Crippen molar-refractivity contribution in [2.75, 3.05) is 5.75 Å². The highest BCUT2D eigenvalue weighted by molar-refractivity contribution is 7.99. The van der Waals surface area contributed by atoms with Gasteiger partial charge in [0.05, 0.1) is 11.5 Å². The predicted octanol–water partition coefficient (Wildman–Crippen LogP) is 3.78. The van der Waals surface area contributed by atoms with Crippen LogP contribution in [0.3, 0.4) is 0 Å². The molecule has 0 saturated carbocycles. The summed E-state index contributed by atoms with van der Waals surface area (Å²) in [6.07, 6.45) is 0. The topological polar surface area (TPSA) is 30.2 Å². The van der Waals surface area contributed by atoms with E-state index < -0.39 is 0 Å². The summed E-state index contributed by atoms with van der Waals surface area (Å²) in [7, 11) is 0. The minimum Gasteiger partial charge on any atom is -0.449 e. The Morgan fingerprint density at radius 1 is 1.47 bits per heavy atom. The quantitative estimate of drug-likeness (QED) is 0.810. The number of hydrogen-bond acceptors (Lipinski definition) is 3. The van der Waals surface area contributed by atoms with Gasteiger partial charge in [0, 0.05) is 5.41 Å². The molecule has 0 aliphatic rings. The number of Topliss-reactive ketones (excluding diaryl/α,β-unsaturated/α-hetero) is 1. The Hall–Kier alpha value is -0.410. The summed E-state index contributed by atoms with van der Waals surface area (Å²) in [6.45, 7) is 5.79. The highest BCUT2D eigenvalue weighted by Gasteiger charge is 2.20. The fourth-order valence-corrected chi connectivity index (χ4v) is 2.13. The Labute approximate surface area is 99.4 Å². The molecule has 0 N–H and O–H groups in total. The van der Waals surface area contributed by atoms with Crippen LogP contribution in [0.2, 0.25) is 5.22 Å². The van der Waals surface area contributed by atoms with Gasteiger partial charge in [-0.25, -0.2) is 0 Å². The summed E-state index contributed by atoms with van der Waals surface area (Å²) in [6, 6.07) is 3.54. The van der Waals surface area contributed by atoms with Gasteiger partial charge in [-0.05, 0) is 23.7 Å². The zero-order valence-electron chi connectivity index (χ0n) is 9.17. The molecule has 0 fully saturated rings. The molecule has 0 radical (unpaired) electrons. The van der Waals surface area contributed by atoms with Crippen LogP contribution in [0.5, 0.6) is 0 Å². The summed E-state index contributed by atoms with van der Waals surface area (Å²) >= 11 is 7.18. The number of rotatable bonds is 4. The van der Waals surface area contributed by atoms with Crippen molar-refractivity contribution in [2.24, 2.45) is 5.41 Å². The zero-order chi connectivity index (χ0) is 11.5. The van der Waals surface area contributed by atoms with Crippen LogP contribution >= 0.6 is 23.4 Å². The van der Waals surface area contributed by atoms with Crippen molar-refractivity contribution in [1.82, 2.24) is 0 Å². The first kappa shape index (κ1) is 12.7. The number of thioether (sulfide) groups is 1. The Kier molecular flexibility index (Phi) is 4.29. The Morgan fingerprint density at radius 3 is 2.60 bits per heavy atom.